The van der Waals surface area contributed by atoms with Crippen molar-refractivity contribution in [3.8, 4) is 10.6 Å². The predicted octanol–water partition coefficient (Wildman–Crippen LogP) is 4.04. The van der Waals surface area contributed by atoms with Crippen LogP contribution in [0.4, 0.5) is 9.18 Å². The number of nitrogens with one attached hydrogen (secondary N) is 1. The molecule has 3 heterocycles. The fourth-order valence-corrected chi connectivity index (χ4v) is 4.71. The molecule has 0 spiro atoms. The van der Waals surface area contributed by atoms with E-state index in [1.165, 1.54) is 17.0 Å². The number of amides is 2. The third-order valence-electron chi connectivity index (χ3n) is 4.70. The highest BCUT2D eigenvalue weighted by Gasteiger charge is 2.21. The number of urea groups is 1. The van der Waals surface area contributed by atoms with Gasteiger partial charge in [0.1, 0.15) is 10.8 Å². The summed E-state index contributed by atoms with van der Waals surface area (Å²) in [5.74, 6) is -0.270. The van der Waals surface area contributed by atoms with Crippen LogP contribution >= 0.6 is 22.7 Å². The van der Waals surface area contributed by atoms with E-state index < -0.39 is 0 Å². The molecular weight excluding hydrogens is 395 g/mol. The van der Waals surface area contributed by atoms with E-state index >= 15 is 0 Å². The van der Waals surface area contributed by atoms with Gasteiger partial charge in [-0.15, -0.1) is 22.7 Å². The lowest BCUT2D eigenvalue weighted by Gasteiger charge is -2.34. The summed E-state index contributed by atoms with van der Waals surface area (Å²) >= 11 is 3.39. The van der Waals surface area contributed by atoms with E-state index in [4.69, 9.17) is 4.98 Å². The second-order valence-corrected chi connectivity index (χ2v) is 8.54. The van der Waals surface area contributed by atoms with Gasteiger partial charge >= 0.3 is 6.03 Å². The van der Waals surface area contributed by atoms with Crippen molar-refractivity contribution in [1.29, 1.82) is 0 Å². The van der Waals surface area contributed by atoms with Crippen LogP contribution in [0.5, 0.6) is 0 Å². The maximum Gasteiger partial charge on any atom is 0.317 e. The Hall–Kier alpha value is -2.29. The van der Waals surface area contributed by atoms with Gasteiger partial charge in [0.05, 0.1) is 17.1 Å². The van der Waals surface area contributed by atoms with Gasteiger partial charge in [-0.25, -0.2) is 14.2 Å². The molecule has 1 fully saturated rings. The van der Waals surface area contributed by atoms with Gasteiger partial charge in [-0.3, -0.25) is 4.90 Å². The summed E-state index contributed by atoms with van der Waals surface area (Å²) < 4.78 is 12.9. The molecule has 1 aromatic carbocycles. The number of rotatable bonds is 5. The Balaban J connectivity index is 1.23. The maximum absolute atomic E-state index is 12.9. The number of aromatic nitrogens is 1. The van der Waals surface area contributed by atoms with Crippen LogP contribution in [0.2, 0.25) is 0 Å². The minimum atomic E-state index is -0.270. The summed E-state index contributed by atoms with van der Waals surface area (Å²) in [6.45, 7) is 4.28. The monoisotopic (exact) mass is 416 g/mol. The van der Waals surface area contributed by atoms with Gasteiger partial charge in [0.15, 0.2) is 0 Å². The van der Waals surface area contributed by atoms with E-state index in [1.54, 1.807) is 34.8 Å². The lowest BCUT2D eigenvalue weighted by atomic mass is 10.2. The molecule has 0 bridgehead atoms. The lowest BCUT2D eigenvalue weighted by molar-refractivity contribution is 0.135. The number of thiazole rings is 1. The number of halogens is 1. The molecule has 1 aliphatic heterocycles. The fourth-order valence-electron chi connectivity index (χ4n) is 3.11. The Morgan fingerprint density at radius 1 is 1.11 bits per heavy atom. The molecule has 3 aromatic rings. The van der Waals surface area contributed by atoms with Crippen LogP contribution in [0.3, 0.4) is 0 Å². The van der Waals surface area contributed by atoms with Crippen LogP contribution in [0.1, 0.15) is 10.6 Å². The average molecular weight is 417 g/mol. The number of thiophene rings is 1. The first-order chi connectivity index (χ1) is 13.7. The van der Waals surface area contributed by atoms with Gasteiger partial charge < -0.3 is 10.2 Å². The molecule has 1 N–H and O–H groups in total. The summed E-state index contributed by atoms with van der Waals surface area (Å²) in [5, 5.41) is 8.19. The molecule has 146 valence electrons. The first-order valence-electron chi connectivity index (χ1n) is 9.15. The van der Waals surface area contributed by atoms with Crippen LogP contribution in [0.25, 0.3) is 10.6 Å². The average Bonchev–Trinajstić information content (AvgIpc) is 3.40. The van der Waals surface area contributed by atoms with Gasteiger partial charge in [0, 0.05) is 38.1 Å². The number of hydrogen-bond acceptors (Lipinski definition) is 5. The highest BCUT2D eigenvalue weighted by molar-refractivity contribution is 7.14. The molecule has 5 nitrogen and oxygen atoms in total. The van der Waals surface area contributed by atoms with Crippen molar-refractivity contribution in [2.75, 3.05) is 26.2 Å². The van der Waals surface area contributed by atoms with Gasteiger partial charge in [0.25, 0.3) is 0 Å². The highest BCUT2D eigenvalue weighted by Crippen LogP contribution is 2.26. The summed E-state index contributed by atoms with van der Waals surface area (Å²) in [5.41, 5.74) is 1.94. The highest BCUT2D eigenvalue weighted by atomic mass is 32.1. The Bertz CT molecular complexity index is 903. The van der Waals surface area contributed by atoms with E-state index in [0.717, 1.165) is 35.9 Å². The maximum atomic E-state index is 12.9. The minimum absolute atomic E-state index is 0.0711. The first-order valence-corrected chi connectivity index (χ1v) is 10.9. The third kappa shape index (κ3) is 4.76. The van der Waals surface area contributed by atoms with Crippen LogP contribution in [-0.2, 0) is 13.1 Å². The quantitative estimate of drug-likeness (QED) is 0.683. The van der Waals surface area contributed by atoms with Crippen molar-refractivity contribution in [3.05, 3.63) is 63.5 Å². The minimum Gasteiger partial charge on any atom is -0.334 e. The Kier molecular flexibility index (Phi) is 5.99. The van der Waals surface area contributed by atoms with E-state index in [2.05, 4.69) is 27.0 Å². The van der Waals surface area contributed by atoms with Crippen molar-refractivity contribution in [2.24, 2.45) is 0 Å². The number of benzene rings is 1. The second-order valence-electron chi connectivity index (χ2n) is 6.65. The normalized spacial score (nSPS) is 15.0. The van der Waals surface area contributed by atoms with E-state index in [9.17, 15) is 9.18 Å². The summed E-state index contributed by atoms with van der Waals surface area (Å²) in [4.78, 5) is 22.5. The zero-order chi connectivity index (χ0) is 19.3. The first kappa shape index (κ1) is 19.0. The van der Waals surface area contributed by atoms with Gasteiger partial charge in [-0.1, -0.05) is 18.2 Å². The van der Waals surface area contributed by atoms with Crippen LogP contribution in [0.15, 0.2) is 47.2 Å². The SMILES string of the molecule is O=C(NCc1ccc(F)cc1)N1CCN(Cc2nc(-c3cccs3)cs2)CC1. The van der Waals surface area contributed by atoms with Crippen LogP contribution in [-0.4, -0.2) is 47.0 Å². The van der Waals surface area contributed by atoms with Crippen molar-refractivity contribution in [3.63, 3.8) is 0 Å². The Labute approximate surface area is 171 Å². The Morgan fingerprint density at radius 2 is 1.89 bits per heavy atom. The lowest BCUT2D eigenvalue weighted by Crippen LogP contribution is -2.51. The molecule has 0 aliphatic carbocycles. The van der Waals surface area contributed by atoms with Crippen molar-refractivity contribution in [2.45, 2.75) is 13.1 Å². The van der Waals surface area contributed by atoms with Gasteiger partial charge in [-0.2, -0.15) is 0 Å². The zero-order valence-corrected chi connectivity index (χ0v) is 16.9. The largest absolute Gasteiger partial charge is 0.334 e. The molecule has 0 radical (unpaired) electrons. The molecule has 28 heavy (non-hydrogen) atoms. The molecule has 4 rings (SSSR count). The third-order valence-corrected chi connectivity index (χ3v) is 6.43. The van der Waals surface area contributed by atoms with Gasteiger partial charge in [0.2, 0.25) is 0 Å². The molecule has 8 heteroatoms. The number of carbonyl (C=O) groups is 1. The van der Waals surface area contributed by atoms with Crippen molar-refractivity contribution < 1.29 is 9.18 Å². The summed E-state index contributed by atoms with van der Waals surface area (Å²) in [7, 11) is 0. The molecule has 2 amide bonds. The van der Waals surface area contributed by atoms with Crippen LogP contribution < -0.4 is 5.32 Å². The van der Waals surface area contributed by atoms with E-state index in [-0.39, 0.29) is 11.8 Å². The number of piperazine rings is 1. The molecule has 1 aliphatic rings. The zero-order valence-electron chi connectivity index (χ0n) is 15.3. The second kappa shape index (κ2) is 8.81. The van der Waals surface area contributed by atoms with Crippen LogP contribution in [0, 0.1) is 5.82 Å². The van der Waals surface area contributed by atoms with Crippen molar-refractivity contribution >= 4 is 28.7 Å². The fraction of sp³-hybridized carbons (Fsp3) is 0.300. The number of nitrogens with zero attached hydrogens (tertiary/aromatic N) is 3. The molecule has 0 atom stereocenters. The molecule has 0 saturated carbocycles. The summed E-state index contributed by atoms with van der Waals surface area (Å²) in [6.07, 6.45) is 0. The number of hydrogen-bond donors (Lipinski definition) is 1. The molecule has 0 unspecified atom stereocenters. The molecule has 2 aromatic heterocycles. The van der Waals surface area contributed by atoms with E-state index in [1.807, 2.05) is 11.0 Å². The predicted molar refractivity (Wildman–Crippen MR) is 111 cm³/mol. The summed E-state index contributed by atoms with van der Waals surface area (Å²) in [6, 6.07) is 10.2. The van der Waals surface area contributed by atoms with E-state index in [0.29, 0.717) is 19.6 Å². The Morgan fingerprint density at radius 3 is 2.61 bits per heavy atom. The number of carbonyl (C=O) groups excluding carboxylic acids is 1. The molecular formula is C20H21FN4OS2. The van der Waals surface area contributed by atoms with Gasteiger partial charge in [-0.05, 0) is 29.1 Å². The molecule has 1 saturated heterocycles. The standard InChI is InChI=1S/C20H21FN4OS2/c21-16-5-3-15(4-6-16)12-22-20(26)25-9-7-24(8-10-25)13-19-23-17(14-28-19)18-2-1-11-27-18/h1-6,11,14H,7-10,12-13H2,(H,22,26). The smallest absolute Gasteiger partial charge is 0.317 e. The topological polar surface area (TPSA) is 48.5 Å². The van der Waals surface area contributed by atoms with Crippen molar-refractivity contribution in [1.82, 2.24) is 20.1 Å².